The second kappa shape index (κ2) is 5.37. The van der Waals surface area contributed by atoms with E-state index in [2.05, 4.69) is 23.0 Å². The molecule has 16 heavy (non-hydrogen) atoms. The molecule has 86 valence electrons. The minimum atomic E-state index is 0.561. The number of thioether (sulfide) groups is 1. The summed E-state index contributed by atoms with van der Waals surface area (Å²) in [5, 5.41) is 1.56. The number of H-pyrrole nitrogens is 1. The molecule has 4 heteroatoms. The van der Waals surface area contributed by atoms with Crippen LogP contribution in [0.2, 0.25) is 0 Å². The molecular weight excluding hydrogens is 218 g/mol. The average Bonchev–Trinajstić information content (AvgIpc) is 2.70. The normalized spacial score (nSPS) is 13.1. The van der Waals surface area contributed by atoms with Crippen LogP contribution >= 0.6 is 11.8 Å². The molecule has 2 rings (SSSR count). The predicted octanol–water partition coefficient (Wildman–Crippen LogP) is 2.78. The summed E-state index contributed by atoms with van der Waals surface area (Å²) in [4.78, 5) is 7.88. The van der Waals surface area contributed by atoms with E-state index in [1.165, 1.54) is 0 Å². The van der Waals surface area contributed by atoms with E-state index in [4.69, 9.17) is 5.73 Å². The summed E-state index contributed by atoms with van der Waals surface area (Å²) in [6.07, 6.45) is 2.16. The Balaban J connectivity index is 2.14. The van der Waals surface area contributed by atoms with E-state index in [-0.39, 0.29) is 0 Å². The summed E-state index contributed by atoms with van der Waals surface area (Å²) in [6, 6.07) is 8.11. The number of para-hydroxylation sites is 2. The van der Waals surface area contributed by atoms with Crippen molar-refractivity contribution in [3.8, 4) is 0 Å². The highest BCUT2D eigenvalue weighted by atomic mass is 32.2. The lowest BCUT2D eigenvalue weighted by atomic mass is 10.2. The van der Waals surface area contributed by atoms with Crippen molar-refractivity contribution in [2.45, 2.75) is 30.2 Å². The van der Waals surface area contributed by atoms with Crippen LogP contribution in [0.25, 0.3) is 11.0 Å². The zero-order chi connectivity index (χ0) is 11.4. The number of hydrogen-bond acceptors (Lipinski definition) is 3. The molecule has 0 aliphatic heterocycles. The van der Waals surface area contributed by atoms with Crippen LogP contribution in [0.5, 0.6) is 0 Å². The van der Waals surface area contributed by atoms with Crippen molar-refractivity contribution >= 4 is 22.8 Å². The molecule has 0 aliphatic rings. The first-order chi connectivity index (χ1) is 7.83. The van der Waals surface area contributed by atoms with Crippen molar-refractivity contribution in [2.24, 2.45) is 5.73 Å². The monoisotopic (exact) mass is 235 g/mol. The van der Waals surface area contributed by atoms with E-state index in [9.17, 15) is 0 Å². The van der Waals surface area contributed by atoms with Crippen molar-refractivity contribution in [3.05, 3.63) is 24.3 Å². The predicted molar refractivity (Wildman–Crippen MR) is 69.7 cm³/mol. The third-order valence-corrected chi connectivity index (χ3v) is 3.91. The number of nitrogens with one attached hydrogen (secondary N) is 1. The first-order valence-electron chi connectivity index (χ1n) is 5.65. The second-order valence-corrected chi connectivity index (χ2v) is 5.07. The molecule has 0 aliphatic carbocycles. The summed E-state index contributed by atoms with van der Waals surface area (Å²) in [5.41, 5.74) is 7.73. The fourth-order valence-corrected chi connectivity index (χ4v) is 2.73. The van der Waals surface area contributed by atoms with Crippen LogP contribution < -0.4 is 5.73 Å². The topological polar surface area (TPSA) is 54.7 Å². The smallest absolute Gasteiger partial charge is 0.166 e. The van der Waals surface area contributed by atoms with Gasteiger partial charge in [-0.3, -0.25) is 0 Å². The molecule has 1 aromatic heterocycles. The van der Waals surface area contributed by atoms with Gasteiger partial charge in [0, 0.05) is 5.25 Å². The van der Waals surface area contributed by atoms with Crippen LogP contribution in [0.1, 0.15) is 19.8 Å². The summed E-state index contributed by atoms with van der Waals surface area (Å²) < 4.78 is 0. The van der Waals surface area contributed by atoms with Gasteiger partial charge in [-0.1, -0.05) is 30.8 Å². The van der Waals surface area contributed by atoms with Crippen LogP contribution in [0.15, 0.2) is 29.4 Å². The van der Waals surface area contributed by atoms with Gasteiger partial charge >= 0.3 is 0 Å². The molecule has 0 saturated heterocycles. The molecule has 0 fully saturated rings. The molecule has 3 N–H and O–H groups in total. The molecule has 1 aromatic carbocycles. The number of benzene rings is 1. The Morgan fingerprint density at radius 3 is 2.94 bits per heavy atom. The van der Waals surface area contributed by atoms with Gasteiger partial charge < -0.3 is 10.7 Å². The molecule has 0 radical (unpaired) electrons. The number of imidazole rings is 1. The largest absolute Gasteiger partial charge is 0.333 e. The van der Waals surface area contributed by atoms with Crippen LogP contribution in [0.3, 0.4) is 0 Å². The lowest BCUT2D eigenvalue weighted by molar-refractivity contribution is 0.742. The molecule has 3 nitrogen and oxygen atoms in total. The maximum atomic E-state index is 5.59. The quantitative estimate of drug-likeness (QED) is 0.783. The van der Waals surface area contributed by atoms with Gasteiger partial charge in [0.15, 0.2) is 5.16 Å². The van der Waals surface area contributed by atoms with Crippen molar-refractivity contribution < 1.29 is 0 Å². The standard InChI is InChI=1S/C12H17N3S/c1-2-9(7-8-13)16-12-14-10-5-3-4-6-11(10)15-12/h3-6,9H,2,7-8,13H2,1H3,(H,14,15). The Morgan fingerprint density at radius 1 is 1.44 bits per heavy atom. The molecule has 1 unspecified atom stereocenters. The SMILES string of the molecule is CCC(CCN)Sc1nc2ccccc2[nH]1. The Morgan fingerprint density at radius 2 is 2.25 bits per heavy atom. The summed E-state index contributed by atoms with van der Waals surface area (Å²) in [6.45, 7) is 2.93. The minimum absolute atomic E-state index is 0.561. The van der Waals surface area contributed by atoms with E-state index in [1.807, 2.05) is 18.2 Å². The van der Waals surface area contributed by atoms with Crippen molar-refractivity contribution in [1.82, 2.24) is 9.97 Å². The number of aromatic nitrogens is 2. The molecular formula is C12H17N3S. The Hall–Kier alpha value is -1.00. The Labute approximate surface area is 99.8 Å². The third kappa shape index (κ3) is 2.57. The first-order valence-corrected chi connectivity index (χ1v) is 6.53. The maximum absolute atomic E-state index is 5.59. The minimum Gasteiger partial charge on any atom is -0.333 e. The second-order valence-electron chi connectivity index (χ2n) is 3.78. The van der Waals surface area contributed by atoms with Crippen LogP contribution in [-0.2, 0) is 0 Å². The average molecular weight is 235 g/mol. The van der Waals surface area contributed by atoms with Gasteiger partial charge in [-0.2, -0.15) is 0 Å². The van der Waals surface area contributed by atoms with Gasteiger partial charge in [0.05, 0.1) is 11.0 Å². The number of fused-ring (bicyclic) bond motifs is 1. The number of nitrogens with two attached hydrogens (primary N) is 1. The van der Waals surface area contributed by atoms with Gasteiger partial charge in [-0.25, -0.2) is 4.98 Å². The fraction of sp³-hybridized carbons (Fsp3) is 0.417. The third-order valence-electron chi connectivity index (χ3n) is 2.59. The number of rotatable bonds is 5. The van der Waals surface area contributed by atoms with E-state index >= 15 is 0 Å². The van der Waals surface area contributed by atoms with Crippen molar-refractivity contribution in [2.75, 3.05) is 6.54 Å². The number of aromatic amines is 1. The van der Waals surface area contributed by atoms with Crippen molar-refractivity contribution in [3.63, 3.8) is 0 Å². The van der Waals surface area contributed by atoms with Gasteiger partial charge in [0.2, 0.25) is 0 Å². The highest BCUT2D eigenvalue weighted by Gasteiger charge is 2.10. The summed E-state index contributed by atoms with van der Waals surface area (Å²) in [7, 11) is 0. The molecule has 0 saturated carbocycles. The molecule has 0 bridgehead atoms. The number of hydrogen-bond donors (Lipinski definition) is 2. The Kier molecular flexibility index (Phi) is 3.85. The van der Waals surface area contributed by atoms with Crippen LogP contribution in [0.4, 0.5) is 0 Å². The molecule has 0 spiro atoms. The highest BCUT2D eigenvalue weighted by molar-refractivity contribution is 7.99. The summed E-state index contributed by atoms with van der Waals surface area (Å²) >= 11 is 1.79. The van der Waals surface area contributed by atoms with Crippen LogP contribution in [0, 0.1) is 0 Å². The van der Waals surface area contributed by atoms with Gasteiger partial charge in [0.1, 0.15) is 0 Å². The molecule has 0 amide bonds. The number of nitrogens with zero attached hydrogens (tertiary/aromatic N) is 1. The lowest BCUT2D eigenvalue weighted by Crippen LogP contribution is -2.09. The van der Waals surface area contributed by atoms with Crippen LogP contribution in [-0.4, -0.2) is 21.8 Å². The van der Waals surface area contributed by atoms with Gasteiger partial charge in [0.25, 0.3) is 0 Å². The van der Waals surface area contributed by atoms with Gasteiger partial charge in [-0.15, -0.1) is 0 Å². The lowest BCUT2D eigenvalue weighted by Gasteiger charge is -2.10. The molecule has 2 aromatic rings. The zero-order valence-corrected chi connectivity index (χ0v) is 10.3. The fourth-order valence-electron chi connectivity index (χ4n) is 1.68. The van der Waals surface area contributed by atoms with E-state index < -0.39 is 0 Å². The summed E-state index contributed by atoms with van der Waals surface area (Å²) in [5.74, 6) is 0. The molecule has 1 heterocycles. The first kappa shape index (κ1) is 11.5. The zero-order valence-electron chi connectivity index (χ0n) is 9.44. The van der Waals surface area contributed by atoms with E-state index in [0.717, 1.165) is 35.6 Å². The van der Waals surface area contributed by atoms with Gasteiger partial charge in [-0.05, 0) is 31.5 Å². The Bertz CT molecular complexity index is 419. The maximum Gasteiger partial charge on any atom is 0.166 e. The van der Waals surface area contributed by atoms with E-state index in [1.54, 1.807) is 11.8 Å². The molecule has 1 atom stereocenters. The highest BCUT2D eigenvalue weighted by Crippen LogP contribution is 2.26. The van der Waals surface area contributed by atoms with Crippen molar-refractivity contribution in [1.29, 1.82) is 0 Å². The van der Waals surface area contributed by atoms with E-state index in [0.29, 0.717) is 5.25 Å².